The van der Waals surface area contributed by atoms with Crippen molar-refractivity contribution in [1.82, 2.24) is 15.1 Å². The molecule has 1 rings (SSSR count). The van der Waals surface area contributed by atoms with Crippen molar-refractivity contribution in [3.05, 3.63) is 5.69 Å². The third kappa shape index (κ3) is 4.75. The zero-order chi connectivity index (χ0) is 15.1. The fourth-order valence-corrected chi connectivity index (χ4v) is 1.86. The lowest BCUT2D eigenvalue weighted by atomic mass is 10.2. The van der Waals surface area contributed by atoms with E-state index in [1.54, 1.807) is 0 Å². The van der Waals surface area contributed by atoms with Crippen LogP contribution in [0.5, 0.6) is 0 Å². The molecular formula is C14H27N5O. The highest BCUT2D eigenvalue weighted by Gasteiger charge is 2.12. The lowest BCUT2D eigenvalue weighted by Gasteiger charge is -2.11. The van der Waals surface area contributed by atoms with E-state index in [2.05, 4.69) is 36.5 Å². The van der Waals surface area contributed by atoms with Crippen LogP contribution in [0.15, 0.2) is 0 Å². The van der Waals surface area contributed by atoms with Gasteiger partial charge in [0.05, 0.1) is 11.4 Å². The van der Waals surface area contributed by atoms with Gasteiger partial charge in [-0.25, -0.2) is 4.68 Å². The predicted molar refractivity (Wildman–Crippen MR) is 82.6 cm³/mol. The van der Waals surface area contributed by atoms with Gasteiger partial charge in [0.25, 0.3) is 0 Å². The standard InChI is InChI=1S/C14H27N5O/c1-5-8-19-14(13(15)11(4)18-19)16-7-6-12(20)17-9-10(2)3/h10,16H,5-9,15H2,1-4H3,(H,17,20). The van der Waals surface area contributed by atoms with Gasteiger partial charge in [-0.2, -0.15) is 5.10 Å². The maximum atomic E-state index is 11.6. The highest BCUT2D eigenvalue weighted by molar-refractivity contribution is 5.76. The van der Waals surface area contributed by atoms with Crippen LogP contribution in [0.2, 0.25) is 0 Å². The number of amides is 1. The largest absolute Gasteiger partial charge is 0.394 e. The van der Waals surface area contributed by atoms with E-state index in [1.165, 1.54) is 0 Å². The van der Waals surface area contributed by atoms with Crippen molar-refractivity contribution in [2.75, 3.05) is 24.1 Å². The zero-order valence-corrected chi connectivity index (χ0v) is 13.0. The van der Waals surface area contributed by atoms with Crippen LogP contribution in [0.3, 0.4) is 0 Å². The second-order valence-corrected chi connectivity index (χ2v) is 5.45. The number of anilines is 2. The Bertz CT molecular complexity index is 439. The molecule has 4 N–H and O–H groups in total. The zero-order valence-electron chi connectivity index (χ0n) is 13.0. The van der Waals surface area contributed by atoms with Crippen LogP contribution in [-0.2, 0) is 11.3 Å². The van der Waals surface area contributed by atoms with Crippen LogP contribution >= 0.6 is 0 Å². The summed E-state index contributed by atoms with van der Waals surface area (Å²) in [5, 5.41) is 10.5. The smallest absolute Gasteiger partial charge is 0.221 e. The molecule has 0 atom stereocenters. The summed E-state index contributed by atoms with van der Waals surface area (Å²) in [6, 6.07) is 0. The average molecular weight is 281 g/mol. The second-order valence-electron chi connectivity index (χ2n) is 5.45. The summed E-state index contributed by atoms with van der Waals surface area (Å²) in [6.45, 7) is 10.2. The molecule has 0 saturated heterocycles. The Morgan fingerprint density at radius 1 is 1.45 bits per heavy atom. The molecule has 0 radical (unpaired) electrons. The number of aryl methyl sites for hydroxylation is 2. The fraction of sp³-hybridized carbons (Fsp3) is 0.714. The number of rotatable bonds is 8. The number of aromatic nitrogens is 2. The Balaban J connectivity index is 2.47. The molecule has 1 heterocycles. The molecule has 20 heavy (non-hydrogen) atoms. The van der Waals surface area contributed by atoms with Gasteiger partial charge in [0, 0.05) is 26.1 Å². The summed E-state index contributed by atoms with van der Waals surface area (Å²) in [7, 11) is 0. The van der Waals surface area contributed by atoms with E-state index in [-0.39, 0.29) is 5.91 Å². The van der Waals surface area contributed by atoms with E-state index in [0.29, 0.717) is 31.1 Å². The van der Waals surface area contributed by atoms with Crippen molar-refractivity contribution in [2.24, 2.45) is 5.92 Å². The molecule has 0 spiro atoms. The Hall–Kier alpha value is -1.72. The molecule has 1 aromatic heterocycles. The van der Waals surface area contributed by atoms with Crippen molar-refractivity contribution in [1.29, 1.82) is 0 Å². The molecule has 0 bridgehead atoms. The summed E-state index contributed by atoms with van der Waals surface area (Å²) in [4.78, 5) is 11.6. The minimum Gasteiger partial charge on any atom is -0.394 e. The lowest BCUT2D eigenvalue weighted by Crippen LogP contribution is -2.29. The first-order chi connectivity index (χ1) is 9.45. The van der Waals surface area contributed by atoms with Gasteiger partial charge >= 0.3 is 0 Å². The highest BCUT2D eigenvalue weighted by atomic mass is 16.1. The van der Waals surface area contributed by atoms with Crippen molar-refractivity contribution < 1.29 is 4.79 Å². The summed E-state index contributed by atoms with van der Waals surface area (Å²) < 4.78 is 1.87. The predicted octanol–water partition coefficient (Wildman–Crippen LogP) is 1.76. The van der Waals surface area contributed by atoms with Crippen LogP contribution in [0.25, 0.3) is 0 Å². The Kier molecular flexibility index (Phi) is 6.35. The molecule has 114 valence electrons. The summed E-state index contributed by atoms with van der Waals surface area (Å²) >= 11 is 0. The van der Waals surface area contributed by atoms with Gasteiger partial charge in [-0.1, -0.05) is 20.8 Å². The number of nitrogens with zero attached hydrogens (tertiary/aromatic N) is 2. The van der Waals surface area contributed by atoms with Gasteiger partial charge in [0.1, 0.15) is 5.82 Å². The maximum absolute atomic E-state index is 11.6. The van der Waals surface area contributed by atoms with E-state index in [9.17, 15) is 4.79 Å². The molecule has 1 amide bonds. The van der Waals surface area contributed by atoms with E-state index >= 15 is 0 Å². The van der Waals surface area contributed by atoms with Gasteiger partial charge in [0.2, 0.25) is 5.91 Å². The lowest BCUT2D eigenvalue weighted by molar-refractivity contribution is -0.120. The van der Waals surface area contributed by atoms with Crippen LogP contribution < -0.4 is 16.4 Å². The molecule has 0 aliphatic heterocycles. The molecule has 6 nitrogen and oxygen atoms in total. The van der Waals surface area contributed by atoms with Crippen LogP contribution in [0, 0.1) is 12.8 Å². The number of carbonyl (C=O) groups is 1. The van der Waals surface area contributed by atoms with E-state index in [1.807, 2.05) is 11.6 Å². The quantitative estimate of drug-likeness (QED) is 0.678. The third-order valence-electron chi connectivity index (χ3n) is 2.96. The van der Waals surface area contributed by atoms with Gasteiger partial charge < -0.3 is 16.4 Å². The molecule has 0 aliphatic carbocycles. The normalized spacial score (nSPS) is 10.8. The summed E-state index contributed by atoms with van der Waals surface area (Å²) in [5.74, 6) is 1.35. The number of nitrogens with two attached hydrogens (primary N) is 1. The topological polar surface area (TPSA) is 85.0 Å². The van der Waals surface area contributed by atoms with Crippen molar-refractivity contribution in [3.63, 3.8) is 0 Å². The first-order valence-electron chi connectivity index (χ1n) is 7.29. The fourth-order valence-electron chi connectivity index (χ4n) is 1.86. The van der Waals surface area contributed by atoms with Crippen molar-refractivity contribution in [3.8, 4) is 0 Å². The molecule has 0 fully saturated rings. The average Bonchev–Trinajstić information content (AvgIpc) is 2.64. The first kappa shape index (κ1) is 16.3. The number of hydrogen-bond donors (Lipinski definition) is 3. The van der Waals surface area contributed by atoms with Crippen LogP contribution in [0.1, 0.15) is 39.3 Å². The molecule has 0 aromatic carbocycles. The molecule has 6 heteroatoms. The van der Waals surface area contributed by atoms with Gasteiger partial charge in [0.15, 0.2) is 0 Å². The Labute approximate surface area is 121 Å². The van der Waals surface area contributed by atoms with E-state index < -0.39 is 0 Å². The Morgan fingerprint density at radius 3 is 2.75 bits per heavy atom. The maximum Gasteiger partial charge on any atom is 0.221 e. The van der Waals surface area contributed by atoms with Crippen LogP contribution in [-0.4, -0.2) is 28.8 Å². The second kappa shape index (κ2) is 7.77. The summed E-state index contributed by atoms with van der Waals surface area (Å²) in [6.07, 6.45) is 1.42. The van der Waals surface area contributed by atoms with E-state index in [4.69, 9.17) is 5.73 Å². The molecule has 1 aromatic rings. The molecule has 0 aliphatic rings. The number of hydrogen-bond acceptors (Lipinski definition) is 4. The molecule has 0 unspecified atom stereocenters. The Morgan fingerprint density at radius 2 is 2.15 bits per heavy atom. The highest BCUT2D eigenvalue weighted by Crippen LogP contribution is 2.22. The van der Waals surface area contributed by atoms with Gasteiger partial charge in [-0.05, 0) is 19.3 Å². The first-order valence-corrected chi connectivity index (χ1v) is 7.29. The van der Waals surface area contributed by atoms with Crippen molar-refractivity contribution >= 4 is 17.4 Å². The monoisotopic (exact) mass is 281 g/mol. The molecular weight excluding hydrogens is 254 g/mol. The number of carbonyl (C=O) groups excluding carboxylic acids is 1. The van der Waals surface area contributed by atoms with Crippen LogP contribution in [0.4, 0.5) is 11.5 Å². The van der Waals surface area contributed by atoms with Gasteiger partial charge in [-0.15, -0.1) is 0 Å². The minimum absolute atomic E-state index is 0.0584. The SMILES string of the molecule is CCCn1nc(C)c(N)c1NCCC(=O)NCC(C)C. The summed E-state index contributed by atoms with van der Waals surface area (Å²) in [5.41, 5.74) is 7.49. The number of nitrogen functional groups attached to an aromatic ring is 1. The van der Waals surface area contributed by atoms with E-state index in [0.717, 1.165) is 24.5 Å². The van der Waals surface area contributed by atoms with Gasteiger partial charge in [-0.3, -0.25) is 4.79 Å². The van der Waals surface area contributed by atoms with Crippen molar-refractivity contribution in [2.45, 2.75) is 47.1 Å². The minimum atomic E-state index is 0.0584. The number of nitrogens with one attached hydrogen (secondary N) is 2. The third-order valence-corrected chi connectivity index (χ3v) is 2.96. The molecule has 0 saturated carbocycles.